The highest BCUT2D eigenvalue weighted by atomic mass is 32.2. The van der Waals surface area contributed by atoms with Crippen LogP contribution in [0.2, 0.25) is 0 Å². The Morgan fingerprint density at radius 1 is 1.41 bits per heavy atom. The minimum Gasteiger partial charge on any atom is -0.465 e. The molecule has 1 heterocycles. The SMILES string of the molecule is CC(=O)SC1CCN(C(=O)O)CC1C(F)(F)F. The third kappa shape index (κ3) is 3.79. The first kappa shape index (κ1) is 14.1. The van der Waals surface area contributed by atoms with Crippen LogP contribution in [0.5, 0.6) is 0 Å². The Hall–Kier alpha value is -0.920. The number of rotatable bonds is 1. The van der Waals surface area contributed by atoms with E-state index in [1.165, 1.54) is 6.92 Å². The lowest BCUT2D eigenvalue weighted by Gasteiger charge is -2.37. The zero-order chi connectivity index (χ0) is 13.2. The molecule has 0 spiro atoms. The van der Waals surface area contributed by atoms with Crippen molar-refractivity contribution in [2.24, 2.45) is 5.92 Å². The molecule has 1 aliphatic heterocycles. The molecule has 1 saturated heterocycles. The summed E-state index contributed by atoms with van der Waals surface area (Å²) < 4.78 is 38.2. The molecule has 1 amide bonds. The number of nitrogens with zero attached hydrogens (tertiary/aromatic N) is 1. The van der Waals surface area contributed by atoms with Gasteiger partial charge < -0.3 is 10.0 Å². The molecule has 1 N–H and O–H groups in total. The first-order chi connectivity index (χ1) is 7.71. The smallest absolute Gasteiger partial charge is 0.407 e. The van der Waals surface area contributed by atoms with E-state index in [4.69, 9.17) is 5.11 Å². The van der Waals surface area contributed by atoms with Crippen LogP contribution in [-0.4, -0.2) is 45.7 Å². The molecule has 1 fully saturated rings. The molecule has 8 heteroatoms. The first-order valence-electron chi connectivity index (χ1n) is 4.93. The summed E-state index contributed by atoms with van der Waals surface area (Å²) in [6, 6.07) is 0. The molecule has 17 heavy (non-hydrogen) atoms. The molecule has 0 radical (unpaired) electrons. The van der Waals surface area contributed by atoms with Crippen LogP contribution in [0.4, 0.5) is 18.0 Å². The van der Waals surface area contributed by atoms with Gasteiger partial charge in [-0.3, -0.25) is 4.79 Å². The van der Waals surface area contributed by atoms with E-state index in [1.807, 2.05) is 0 Å². The summed E-state index contributed by atoms with van der Waals surface area (Å²) in [4.78, 5) is 22.3. The van der Waals surface area contributed by atoms with Crippen LogP contribution in [0.15, 0.2) is 0 Å². The lowest BCUT2D eigenvalue weighted by molar-refractivity contribution is -0.182. The topological polar surface area (TPSA) is 57.6 Å². The first-order valence-corrected chi connectivity index (χ1v) is 5.81. The van der Waals surface area contributed by atoms with Gasteiger partial charge in [-0.1, -0.05) is 11.8 Å². The van der Waals surface area contributed by atoms with Crippen molar-refractivity contribution in [3.63, 3.8) is 0 Å². The summed E-state index contributed by atoms with van der Waals surface area (Å²) in [6.45, 7) is 0.651. The van der Waals surface area contributed by atoms with Crippen molar-refractivity contribution in [1.29, 1.82) is 0 Å². The Balaban J connectivity index is 2.79. The Morgan fingerprint density at radius 3 is 2.41 bits per heavy atom. The van der Waals surface area contributed by atoms with Gasteiger partial charge in [0.25, 0.3) is 0 Å². The van der Waals surface area contributed by atoms with E-state index in [-0.39, 0.29) is 18.1 Å². The van der Waals surface area contributed by atoms with E-state index in [9.17, 15) is 22.8 Å². The maximum atomic E-state index is 12.7. The van der Waals surface area contributed by atoms with E-state index in [2.05, 4.69) is 0 Å². The molecule has 4 nitrogen and oxygen atoms in total. The Labute approximate surface area is 100 Å². The van der Waals surface area contributed by atoms with E-state index >= 15 is 0 Å². The molecule has 1 aliphatic rings. The van der Waals surface area contributed by atoms with Crippen molar-refractivity contribution < 1.29 is 27.9 Å². The molecule has 98 valence electrons. The summed E-state index contributed by atoms with van der Waals surface area (Å²) in [5.74, 6) is -1.78. The van der Waals surface area contributed by atoms with Crippen molar-refractivity contribution in [3.05, 3.63) is 0 Å². The second-order valence-electron chi connectivity index (χ2n) is 3.81. The fourth-order valence-corrected chi connectivity index (χ4v) is 2.83. The van der Waals surface area contributed by atoms with Crippen LogP contribution >= 0.6 is 11.8 Å². The van der Waals surface area contributed by atoms with Gasteiger partial charge in [0, 0.05) is 25.3 Å². The predicted molar refractivity (Wildman–Crippen MR) is 55.8 cm³/mol. The second-order valence-corrected chi connectivity index (χ2v) is 5.23. The molecular formula is C9H12F3NO3S. The summed E-state index contributed by atoms with van der Waals surface area (Å²) in [5, 5.41) is 7.41. The van der Waals surface area contributed by atoms with Crippen LogP contribution in [0.25, 0.3) is 0 Å². The number of hydrogen-bond donors (Lipinski definition) is 1. The van der Waals surface area contributed by atoms with Crippen LogP contribution < -0.4 is 0 Å². The fraction of sp³-hybridized carbons (Fsp3) is 0.778. The normalized spacial score (nSPS) is 25.8. The van der Waals surface area contributed by atoms with Crippen molar-refractivity contribution in [2.45, 2.75) is 24.8 Å². The van der Waals surface area contributed by atoms with Crippen molar-refractivity contribution >= 4 is 23.0 Å². The van der Waals surface area contributed by atoms with Gasteiger partial charge >= 0.3 is 12.3 Å². The monoisotopic (exact) mass is 271 g/mol. The number of amides is 1. The third-order valence-electron chi connectivity index (χ3n) is 2.56. The lowest BCUT2D eigenvalue weighted by Crippen LogP contribution is -2.50. The van der Waals surface area contributed by atoms with Crippen LogP contribution in [0.3, 0.4) is 0 Å². The van der Waals surface area contributed by atoms with E-state index < -0.39 is 30.0 Å². The second kappa shape index (κ2) is 5.16. The number of likely N-dealkylation sites (tertiary alicyclic amines) is 1. The third-order valence-corrected chi connectivity index (χ3v) is 3.76. The summed E-state index contributed by atoms with van der Waals surface area (Å²) in [5.41, 5.74) is 0. The van der Waals surface area contributed by atoms with Gasteiger partial charge in [-0.2, -0.15) is 13.2 Å². The standard InChI is InChI=1S/C9H12F3NO3S/c1-5(14)17-7-2-3-13(8(15)16)4-6(7)9(10,11)12/h6-7H,2-4H2,1H3,(H,15,16). The van der Waals surface area contributed by atoms with Crippen molar-refractivity contribution in [2.75, 3.05) is 13.1 Å². The molecule has 0 aliphatic carbocycles. The number of alkyl halides is 3. The molecule has 0 aromatic carbocycles. The molecule has 0 bridgehead atoms. The summed E-state index contributed by atoms with van der Waals surface area (Å²) in [6.07, 6.45) is -5.80. The van der Waals surface area contributed by atoms with E-state index in [0.717, 1.165) is 4.90 Å². The average Bonchev–Trinajstić information content (AvgIpc) is 2.15. The van der Waals surface area contributed by atoms with Gasteiger partial charge in [-0.25, -0.2) is 4.79 Å². The minimum atomic E-state index is -4.48. The Kier molecular flexibility index (Phi) is 4.29. The van der Waals surface area contributed by atoms with Crippen LogP contribution in [0.1, 0.15) is 13.3 Å². The van der Waals surface area contributed by atoms with Gasteiger partial charge in [0.05, 0.1) is 5.92 Å². The lowest BCUT2D eigenvalue weighted by atomic mass is 9.97. The highest BCUT2D eigenvalue weighted by Gasteiger charge is 2.48. The molecule has 0 aromatic rings. The molecular weight excluding hydrogens is 259 g/mol. The predicted octanol–water partition coefficient (Wildman–Crippen LogP) is 2.20. The van der Waals surface area contributed by atoms with Crippen molar-refractivity contribution in [3.8, 4) is 0 Å². The number of carboxylic acid groups (broad SMARTS) is 1. The average molecular weight is 271 g/mol. The number of thioether (sulfide) groups is 1. The van der Waals surface area contributed by atoms with Crippen LogP contribution in [0, 0.1) is 5.92 Å². The largest absolute Gasteiger partial charge is 0.465 e. The number of halogens is 3. The van der Waals surface area contributed by atoms with Crippen molar-refractivity contribution in [1.82, 2.24) is 4.90 Å². The van der Waals surface area contributed by atoms with Gasteiger partial charge in [-0.15, -0.1) is 0 Å². The molecule has 0 aromatic heterocycles. The summed E-state index contributed by atoms with van der Waals surface area (Å²) in [7, 11) is 0. The number of carbonyl (C=O) groups excluding carboxylic acids is 1. The van der Waals surface area contributed by atoms with E-state index in [0.29, 0.717) is 11.8 Å². The van der Waals surface area contributed by atoms with Gasteiger partial charge in [0.1, 0.15) is 0 Å². The molecule has 2 unspecified atom stereocenters. The summed E-state index contributed by atoms with van der Waals surface area (Å²) >= 11 is 0.646. The zero-order valence-electron chi connectivity index (χ0n) is 9.03. The van der Waals surface area contributed by atoms with Gasteiger partial charge in [0.2, 0.25) is 0 Å². The molecule has 1 rings (SSSR count). The maximum absolute atomic E-state index is 12.7. The number of carbonyl (C=O) groups is 2. The molecule has 2 atom stereocenters. The van der Waals surface area contributed by atoms with Gasteiger partial charge in [-0.05, 0) is 6.42 Å². The maximum Gasteiger partial charge on any atom is 0.407 e. The zero-order valence-corrected chi connectivity index (χ0v) is 9.85. The minimum absolute atomic E-state index is 0.0346. The highest BCUT2D eigenvalue weighted by Crippen LogP contribution is 2.39. The fourth-order valence-electron chi connectivity index (χ4n) is 1.77. The number of piperidine rings is 1. The highest BCUT2D eigenvalue weighted by molar-refractivity contribution is 8.14. The molecule has 0 saturated carbocycles. The quantitative estimate of drug-likeness (QED) is 0.794. The van der Waals surface area contributed by atoms with Gasteiger partial charge in [0.15, 0.2) is 5.12 Å². The Bertz CT molecular complexity index is 321. The Morgan fingerprint density at radius 2 is 2.00 bits per heavy atom. The number of hydrogen-bond acceptors (Lipinski definition) is 3. The van der Waals surface area contributed by atoms with Crippen LogP contribution in [-0.2, 0) is 4.79 Å². The van der Waals surface area contributed by atoms with E-state index in [1.54, 1.807) is 0 Å².